The normalized spacial score (nSPS) is 11.5. The minimum absolute atomic E-state index is 0.289. The Morgan fingerprint density at radius 3 is 2.62 bits per heavy atom. The Bertz CT molecular complexity index is 916. The fraction of sp³-hybridized carbons (Fsp3) is 0. The van der Waals surface area contributed by atoms with Gasteiger partial charge in [0.15, 0.2) is 5.76 Å². The van der Waals surface area contributed by atoms with Crippen LogP contribution in [0.1, 0.15) is 5.56 Å². The lowest BCUT2D eigenvalue weighted by Crippen LogP contribution is -2.02. The third kappa shape index (κ3) is 3.78. The Labute approximate surface area is 140 Å². The van der Waals surface area contributed by atoms with E-state index in [4.69, 9.17) is 14.2 Å². The molecule has 3 aromatic rings. The molecule has 1 unspecified atom stereocenters. The summed E-state index contributed by atoms with van der Waals surface area (Å²) in [6.45, 7) is 0. The lowest BCUT2D eigenvalue weighted by atomic mass is 10.1. The van der Waals surface area contributed by atoms with Gasteiger partial charge in [-0.15, -0.1) is 0 Å². The standard InChI is InChI=1S/C16H12N4O3S/c17-9-11-4-6-12(7-5-11)15-10-18-16(23-15)19-13-2-1-3-14(8-13)20-24(21)22/h1-8,10,20H,(H,18,19)(H,21,22). The van der Waals surface area contributed by atoms with Crippen LogP contribution in [-0.2, 0) is 11.3 Å². The smallest absolute Gasteiger partial charge is 0.299 e. The number of hydrogen-bond donors (Lipinski definition) is 3. The maximum absolute atomic E-state index is 10.8. The zero-order valence-electron chi connectivity index (χ0n) is 12.3. The maximum atomic E-state index is 10.8. The topological polar surface area (TPSA) is 111 Å². The molecule has 0 saturated heterocycles. The molecular formula is C16H12N4O3S. The molecule has 0 aliphatic heterocycles. The fourth-order valence-electron chi connectivity index (χ4n) is 2.06. The molecule has 0 radical (unpaired) electrons. The van der Waals surface area contributed by atoms with E-state index in [2.05, 4.69) is 21.1 Å². The van der Waals surface area contributed by atoms with Crippen LogP contribution in [-0.4, -0.2) is 13.7 Å². The van der Waals surface area contributed by atoms with Crippen LogP contribution in [0, 0.1) is 11.3 Å². The highest BCUT2D eigenvalue weighted by Crippen LogP contribution is 2.25. The summed E-state index contributed by atoms with van der Waals surface area (Å²) >= 11 is -2.13. The van der Waals surface area contributed by atoms with Crippen molar-refractivity contribution in [2.75, 3.05) is 10.0 Å². The lowest BCUT2D eigenvalue weighted by Gasteiger charge is -2.05. The van der Waals surface area contributed by atoms with Crippen molar-refractivity contribution in [3.05, 3.63) is 60.3 Å². The summed E-state index contributed by atoms with van der Waals surface area (Å²) in [5.74, 6) is 0.563. The third-order valence-electron chi connectivity index (χ3n) is 3.12. The molecule has 3 N–H and O–H groups in total. The van der Waals surface area contributed by atoms with Gasteiger partial charge in [0.25, 0.3) is 17.3 Å². The zero-order chi connectivity index (χ0) is 16.9. The number of nitrogens with one attached hydrogen (secondary N) is 2. The first-order valence-corrected chi connectivity index (χ1v) is 7.96. The van der Waals surface area contributed by atoms with Gasteiger partial charge in [-0.05, 0) is 42.5 Å². The van der Waals surface area contributed by atoms with Gasteiger partial charge in [0.2, 0.25) is 0 Å². The first-order chi connectivity index (χ1) is 11.6. The van der Waals surface area contributed by atoms with E-state index in [1.54, 1.807) is 54.7 Å². The van der Waals surface area contributed by atoms with E-state index < -0.39 is 11.3 Å². The number of nitrogens with zero attached hydrogens (tertiary/aromatic N) is 2. The number of oxazole rings is 1. The highest BCUT2D eigenvalue weighted by Gasteiger charge is 2.07. The van der Waals surface area contributed by atoms with E-state index >= 15 is 0 Å². The largest absolute Gasteiger partial charge is 0.423 e. The van der Waals surface area contributed by atoms with Gasteiger partial charge in [-0.2, -0.15) is 5.26 Å². The number of anilines is 3. The quantitative estimate of drug-likeness (QED) is 0.613. The predicted octanol–water partition coefficient (Wildman–Crippen LogP) is 3.51. The van der Waals surface area contributed by atoms with E-state index in [9.17, 15) is 4.21 Å². The molecular weight excluding hydrogens is 328 g/mol. The molecule has 2 aromatic carbocycles. The predicted molar refractivity (Wildman–Crippen MR) is 90.8 cm³/mol. The Balaban J connectivity index is 1.76. The van der Waals surface area contributed by atoms with Crippen LogP contribution in [0.15, 0.2) is 59.1 Å². The van der Waals surface area contributed by atoms with E-state index in [0.717, 1.165) is 5.56 Å². The monoisotopic (exact) mass is 340 g/mol. The molecule has 3 rings (SSSR count). The molecule has 120 valence electrons. The first kappa shape index (κ1) is 15.7. The molecule has 0 amide bonds. The van der Waals surface area contributed by atoms with Crippen molar-refractivity contribution in [2.24, 2.45) is 0 Å². The lowest BCUT2D eigenvalue weighted by molar-refractivity contribution is 0.570. The van der Waals surface area contributed by atoms with Gasteiger partial charge in [0.1, 0.15) is 0 Å². The molecule has 1 aromatic heterocycles. The van der Waals surface area contributed by atoms with Crippen LogP contribution in [0.5, 0.6) is 0 Å². The maximum Gasteiger partial charge on any atom is 0.299 e. The zero-order valence-corrected chi connectivity index (χ0v) is 13.1. The molecule has 0 spiro atoms. The molecule has 0 fully saturated rings. The van der Waals surface area contributed by atoms with Gasteiger partial charge in [-0.3, -0.25) is 9.27 Å². The molecule has 1 heterocycles. The van der Waals surface area contributed by atoms with Crippen LogP contribution in [0.25, 0.3) is 11.3 Å². The second-order valence-electron chi connectivity index (χ2n) is 4.78. The van der Waals surface area contributed by atoms with Crippen molar-refractivity contribution < 1.29 is 13.2 Å². The van der Waals surface area contributed by atoms with Crippen molar-refractivity contribution in [3.8, 4) is 17.4 Å². The van der Waals surface area contributed by atoms with Gasteiger partial charge in [0, 0.05) is 11.3 Å². The molecule has 0 saturated carbocycles. The number of rotatable bonds is 5. The van der Waals surface area contributed by atoms with Crippen LogP contribution in [0.4, 0.5) is 17.4 Å². The Morgan fingerprint density at radius 2 is 1.92 bits per heavy atom. The van der Waals surface area contributed by atoms with Gasteiger partial charge in [-0.25, -0.2) is 9.19 Å². The van der Waals surface area contributed by atoms with E-state index in [1.807, 2.05) is 0 Å². The summed E-state index contributed by atoms with van der Waals surface area (Å²) in [5, 5.41) is 11.8. The highest BCUT2D eigenvalue weighted by atomic mass is 32.2. The SMILES string of the molecule is N#Cc1ccc(-c2cnc(Nc3cccc(NS(=O)O)c3)o2)cc1. The molecule has 8 heteroatoms. The molecule has 7 nitrogen and oxygen atoms in total. The molecule has 0 bridgehead atoms. The number of nitriles is 1. The summed E-state index contributed by atoms with van der Waals surface area (Å²) < 4.78 is 27.6. The van der Waals surface area contributed by atoms with Crippen molar-refractivity contribution in [1.29, 1.82) is 5.26 Å². The number of aromatic nitrogens is 1. The van der Waals surface area contributed by atoms with Gasteiger partial charge in [-0.1, -0.05) is 6.07 Å². The Morgan fingerprint density at radius 1 is 1.17 bits per heavy atom. The molecule has 1 atom stereocenters. The van der Waals surface area contributed by atoms with Crippen LogP contribution < -0.4 is 10.0 Å². The van der Waals surface area contributed by atoms with Crippen LogP contribution in [0.3, 0.4) is 0 Å². The summed E-state index contributed by atoms with van der Waals surface area (Å²) in [5.41, 5.74) is 2.52. The molecule has 24 heavy (non-hydrogen) atoms. The minimum atomic E-state index is -2.13. The van der Waals surface area contributed by atoms with Crippen molar-refractivity contribution in [3.63, 3.8) is 0 Å². The Kier molecular flexibility index (Phi) is 4.56. The average Bonchev–Trinajstić information content (AvgIpc) is 3.03. The second-order valence-corrected chi connectivity index (χ2v) is 5.48. The van der Waals surface area contributed by atoms with Gasteiger partial charge >= 0.3 is 0 Å². The second kappa shape index (κ2) is 6.95. The van der Waals surface area contributed by atoms with Gasteiger partial charge < -0.3 is 9.73 Å². The van der Waals surface area contributed by atoms with E-state index in [1.165, 1.54) is 0 Å². The van der Waals surface area contributed by atoms with Crippen LogP contribution >= 0.6 is 0 Å². The molecule has 0 aliphatic rings. The number of hydrogen-bond acceptors (Lipinski definition) is 5. The van der Waals surface area contributed by atoms with Crippen molar-refractivity contribution in [1.82, 2.24) is 4.98 Å². The minimum Gasteiger partial charge on any atom is -0.423 e. The number of benzene rings is 2. The summed E-state index contributed by atoms with van der Waals surface area (Å²) in [6, 6.07) is 16.1. The van der Waals surface area contributed by atoms with Crippen molar-refractivity contribution in [2.45, 2.75) is 0 Å². The van der Waals surface area contributed by atoms with Crippen LogP contribution in [0.2, 0.25) is 0 Å². The summed E-state index contributed by atoms with van der Waals surface area (Å²) in [4.78, 5) is 4.15. The summed E-state index contributed by atoms with van der Waals surface area (Å²) in [7, 11) is 0. The third-order valence-corrected chi connectivity index (χ3v) is 3.53. The van der Waals surface area contributed by atoms with Gasteiger partial charge in [0.05, 0.1) is 23.5 Å². The highest BCUT2D eigenvalue weighted by molar-refractivity contribution is 7.80. The average molecular weight is 340 g/mol. The van der Waals surface area contributed by atoms with E-state index in [0.29, 0.717) is 22.7 Å². The van der Waals surface area contributed by atoms with E-state index in [-0.39, 0.29) is 6.01 Å². The Hall–Kier alpha value is -3.15. The fourth-order valence-corrected chi connectivity index (χ4v) is 2.39. The first-order valence-electron chi connectivity index (χ1n) is 6.85. The molecule has 0 aliphatic carbocycles. The summed E-state index contributed by atoms with van der Waals surface area (Å²) in [6.07, 6.45) is 1.58. The van der Waals surface area contributed by atoms with Crippen molar-refractivity contribution >= 4 is 28.7 Å².